The minimum absolute atomic E-state index is 0.275. The zero-order valence-electron chi connectivity index (χ0n) is 10.1. The van der Waals surface area contributed by atoms with Gasteiger partial charge in [-0.25, -0.2) is 0 Å². The van der Waals surface area contributed by atoms with Crippen LogP contribution in [0.2, 0.25) is 0 Å². The molecule has 96 valence electrons. The Kier molecular flexibility index (Phi) is 4.62. The van der Waals surface area contributed by atoms with Gasteiger partial charge in [0.15, 0.2) is 0 Å². The second-order valence-corrected chi connectivity index (χ2v) is 4.66. The topological polar surface area (TPSA) is 51.4 Å². The third kappa shape index (κ3) is 3.57. The van der Waals surface area contributed by atoms with Crippen LogP contribution in [-0.2, 0) is 11.2 Å². The molecular formula is C11H18ClN3O2. The van der Waals surface area contributed by atoms with E-state index in [4.69, 9.17) is 20.8 Å². The Morgan fingerprint density at radius 2 is 2.29 bits per heavy atom. The lowest BCUT2D eigenvalue weighted by Crippen LogP contribution is -2.33. The molecule has 0 radical (unpaired) electrons. The van der Waals surface area contributed by atoms with Crippen molar-refractivity contribution in [2.24, 2.45) is 0 Å². The Balaban J connectivity index is 1.86. The molecule has 0 bridgehead atoms. The second-order valence-electron chi connectivity index (χ2n) is 4.29. The molecule has 1 aliphatic heterocycles. The van der Waals surface area contributed by atoms with Gasteiger partial charge in [-0.2, -0.15) is 0 Å². The lowest BCUT2D eigenvalue weighted by Gasteiger charge is -2.26. The second kappa shape index (κ2) is 6.21. The van der Waals surface area contributed by atoms with Gasteiger partial charge in [-0.3, -0.25) is 0 Å². The van der Waals surface area contributed by atoms with Gasteiger partial charge in [-0.1, -0.05) is 5.10 Å². The van der Waals surface area contributed by atoms with Crippen LogP contribution in [0.25, 0.3) is 0 Å². The molecule has 1 aromatic rings. The number of ether oxygens (including phenoxy) is 1. The highest BCUT2D eigenvalue weighted by Gasteiger charge is 2.18. The van der Waals surface area contributed by atoms with E-state index in [2.05, 4.69) is 10.2 Å². The quantitative estimate of drug-likeness (QED) is 0.756. The number of hydrogen-bond acceptors (Lipinski definition) is 5. The van der Waals surface area contributed by atoms with Crippen LogP contribution < -0.4 is 4.90 Å². The van der Waals surface area contributed by atoms with Crippen molar-refractivity contribution in [3.8, 4) is 0 Å². The van der Waals surface area contributed by atoms with Gasteiger partial charge in [0.1, 0.15) is 0 Å². The monoisotopic (exact) mass is 259 g/mol. The maximum atomic E-state index is 5.67. The Morgan fingerprint density at radius 1 is 1.41 bits per heavy atom. The van der Waals surface area contributed by atoms with Crippen molar-refractivity contribution in [1.82, 2.24) is 10.2 Å². The summed E-state index contributed by atoms with van der Waals surface area (Å²) >= 11 is 5.62. The molecule has 0 spiro atoms. The molecule has 1 unspecified atom stereocenters. The number of likely N-dealkylation sites (N-methyl/N-ethyl adjacent to an activating group) is 1. The first-order valence-electron chi connectivity index (χ1n) is 6.00. The van der Waals surface area contributed by atoms with Crippen LogP contribution in [0.4, 0.5) is 6.01 Å². The number of aromatic nitrogens is 2. The lowest BCUT2D eigenvalue weighted by atomic mass is 10.1. The fraction of sp³-hybridized carbons (Fsp3) is 0.818. The van der Waals surface area contributed by atoms with Crippen molar-refractivity contribution >= 4 is 17.6 Å². The van der Waals surface area contributed by atoms with E-state index in [9.17, 15) is 0 Å². The van der Waals surface area contributed by atoms with Crippen molar-refractivity contribution in [2.45, 2.75) is 31.8 Å². The smallest absolute Gasteiger partial charge is 0.317 e. The third-order valence-electron chi connectivity index (χ3n) is 2.84. The molecule has 1 atom stereocenters. The Hall–Kier alpha value is -0.810. The standard InChI is InChI=1S/C11H18ClN3O2/c1-15(8-9-4-2-3-7-16-9)11-14-13-10(17-11)5-6-12/h9H,2-8H2,1H3. The number of alkyl halides is 1. The predicted molar refractivity (Wildman–Crippen MR) is 65.6 cm³/mol. The fourth-order valence-corrected chi connectivity index (χ4v) is 2.08. The molecule has 0 N–H and O–H groups in total. The van der Waals surface area contributed by atoms with Crippen LogP contribution >= 0.6 is 11.6 Å². The van der Waals surface area contributed by atoms with E-state index in [0.29, 0.717) is 24.2 Å². The molecule has 1 saturated heterocycles. The molecule has 1 fully saturated rings. The number of nitrogens with zero attached hydrogens (tertiary/aromatic N) is 3. The SMILES string of the molecule is CN(CC1CCCCO1)c1nnc(CCCl)o1. The highest BCUT2D eigenvalue weighted by molar-refractivity contribution is 6.17. The van der Waals surface area contributed by atoms with Crippen molar-refractivity contribution in [2.75, 3.05) is 31.0 Å². The van der Waals surface area contributed by atoms with Crippen LogP contribution in [0.3, 0.4) is 0 Å². The van der Waals surface area contributed by atoms with Gasteiger partial charge in [-0.15, -0.1) is 16.7 Å². The molecule has 5 nitrogen and oxygen atoms in total. The van der Waals surface area contributed by atoms with Crippen molar-refractivity contribution in [1.29, 1.82) is 0 Å². The number of halogens is 1. The van der Waals surface area contributed by atoms with Gasteiger partial charge in [0.05, 0.1) is 6.10 Å². The van der Waals surface area contributed by atoms with E-state index in [1.165, 1.54) is 12.8 Å². The molecule has 17 heavy (non-hydrogen) atoms. The highest BCUT2D eigenvalue weighted by Crippen LogP contribution is 2.17. The van der Waals surface area contributed by atoms with E-state index >= 15 is 0 Å². The summed E-state index contributed by atoms with van der Waals surface area (Å²) in [6.07, 6.45) is 4.40. The van der Waals surface area contributed by atoms with Gasteiger partial charge in [-0.05, 0) is 19.3 Å². The van der Waals surface area contributed by atoms with Gasteiger partial charge in [0, 0.05) is 32.5 Å². The number of anilines is 1. The molecule has 1 aromatic heterocycles. The van der Waals surface area contributed by atoms with Crippen molar-refractivity contribution in [3.63, 3.8) is 0 Å². The minimum Gasteiger partial charge on any atom is -0.408 e. The number of rotatable bonds is 5. The fourth-order valence-electron chi connectivity index (χ4n) is 1.92. The summed E-state index contributed by atoms with van der Waals surface area (Å²) in [5.74, 6) is 1.09. The zero-order chi connectivity index (χ0) is 12.1. The summed E-state index contributed by atoms with van der Waals surface area (Å²) in [5, 5.41) is 7.93. The van der Waals surface area contributed by atoms with Crippen LogP contribution in [0.1, 0.15) is 25.2 Å². The molecule has 0 saturated carbocycles. The van der Waals surface area contributed by atoms with Gasteiger partial charge in [0.2, 0.25) is 5.89 Å². The molecule has 2 rings (SSSR count). The van der Waals surface area contributed by atoms with Crippen molar-refractivity contribution < 1.29 is 9.15 Å². The van der Waals surface area contributed by atoms with E-state index in [1.807, 2.05) is 11.9 Å². The average molecular weight is 260 g/mol. The van der Waals surface area contributed by atoms with E-state index in [0.717, 1.165) is 19.6 Å². The first-order chi connectivity index (χ1) is 8.29. The van der Waals surface area contributed by atoms with Crippen LogP contribution in [0.5, 0.6) is 0 Å². The Bertz CT molecular complexity index is 339. The molecule has 2 heterocycles. The summed E-state index contributed by atoms with van der Waals surface area (Å²) in [4.78, 5) is 1.95. The van der Waals surface area contributed by atoms with E-state index in [-0.39, 0.29) is 6.10 Å². The predicted octanol–water partition coefficient (Wildman–Crippen LogP) is 1.86. The summed E-state index contributed by atoms with van der Waals surface area (Å²) in [6.45, 7) is 1.66. The number of aryl methyl sites for hydroxylation is 1. The first kappa shape index (κ1) is 12.6. The highest BCUT2D eigenvalue weighted by atomic mass is 35.5. The van der Waals surface area contributed by atoms with Gasteiger partial charge >= 0.3 is 6.01 Å². The van der Waals surface area contributed by atoms with E-state index in [1.54, 1.807) is 0 Å². The van der Waals surface area contributed by atoms with Gasteiger partial charge in [0.25, 0.3) is 0 Å². The van der Waals surface area contributed by atoms with Crippen LogP contribution in [0, 0.1) is 0 Å². The molecule has 0 aliphatic carbocycles. The average Bonchev–Trinajstić information content (AvgIpc) is 2.79. The summed E-state index contributed by atoms with van der Waals surface area (Å²) in [6, 6.07) is 0.541. The van der Waals surface area contributed by atoms with Crippen molar-refractivity contribution in [3.05, 3.63) is 5.89 Å². The van der Waals surface area contributed by atoms with Crippen LogP contribution in [-0.4, -0.2) is 42.4 Å². The largest absolute Gasteiger partial charge is 0.408 e. The lowest BCUT2D eigenvalue weighted by molar-refractivity contribution is 0.0211. The molecule has 0 aromatic carbocycles. The Labute approximate surface area is 106 Å². The molecule has 0 amide bonds. The number of hydrogen-bond donors (Lipinski definition) is 0. The summed E-state index contributed by atoms with van der Waals surface area (Å²) in [5.41, 5.74) is 0. The summed E-state index contributed by atoms with van der Waals surface area (Å²) in [7, 11) is 1.94. The molecule has 1 aliphatic rings. The van der Waals surface area contributed by atoms with E-state index < -0.39 is 0 Å². The third-order valence-corrected chi connectivity index (χ3v) is 3.03. The maximum absolute atomic E-state index is 5.67. The first-order valence-corrected chi connectivity index (χ1v) is 6.54. The zero-order valence-corrected chi connectivity index (χ0v) is 10.8. The normalized spacial score (nSPS) is 20.5. The Morgan fingerprint density at radius 3 is 3.00 bits per heavy atom. The maximum Gasteiger partial charge on any atom is 0.317 e. The summed E-state index contributed by atoms with van der Waals surface area (Å²) < 4.78 is 11.2. The van der Waals surface area contributed by atoms with Gasteiger partial charge < -0.3 is 14.1 Å². The minimum atomic E-state index is 0.275. The molecule has 6 heteroatoms. The molecular weight excluding hydrogens is 242 g/mol. The van der Waals surface area contributed by atoms with Crippen LogP contribution in [0.15, 0.2) is 4.42 Å².